The van der Waals surface area contributed by atoms with Crippen LogP contribution >= 0.6 is 22.6 Å². The first kappa shape index (κ1) is 14.4. The van der Waals surface area contributed by atoms with E-state index in [2.05, 4.69) is 27.9 Å². The number of benzene rings is 1. The molecule has 1 aromatic carbocycles. The Kier molecular flexibility index (Phi) is 6.46. The van der Waals surface area contributed by atoms with Gasteiger partial charge in [0.05, 0.1) is 13.2 Å². The first-order valence-electron chi connectivity index (χ1n) is 5.26. The Morgan fingerprint density at radius 3 is 2.82 bits per heavy atom. The summed E-state index contributed by atoms with van der Waals surface area (Å²) in [6.07, 6.45) is 0. The molecule has 0 aliphatic rings. The highest BCUT2D eigenvalue weighted by molar-refractivity contribution is 14.1. The van der Waals surface area contributed by atoms with Gasteiger partial charge in [-0.15, -0.1) is 0 Å². The number of nitrogens with one attached hydrogen (secondary N) is 1. The molecule has 0 fully saturated rings. The zero-order chi connectivity index (χ0) is 12.7. The molecule has 1 N–H and O–H groups in total. The van der Waals surface area contributed by atoms with Gasteiger partial charge in [0.1, 0.15) is 6.61 Å². The molecule has 4 nitrogen and oxygen atoms in total. The molecule has 0 saturated carbocycles. The minimum atomic E-state index is -0.148. The molecule has 1 aromatic rings. The Morgan fingerprint density at radius 2 is 2.18 bits per heavy atom. The van der Waals surface area contributed by atoms with Crippen molar-refractivity contribution in [1.29, 1.82) is 0 Å². The van der Waals surface area contributed by atoms with Crippen LogP contribution in [-0.2, 0) is 14.3 Å². The highest BCUT2D eigenvalue weighted by Crippen LogP contribution is 2.17. The standard InChI is InChI=1S/C12H16INO3/c1-9-7-10(13)3-4-11(9)14-12(15)8-17-6-5-16-2/h3-4,7H,5-6,8H2,1-2H3,(H,14,15). The number of ether oxygens (including phenoxy) is 2. The Balaban J connectivity index is 2.40. The largest absolute Gasteiger partial charge is 0.382 e. The Hall–Kier alpha value is -0.660. The first-order valence-corrected chi connectivity index (χ1v) is 6.34. The van der Waals surface area contributed by atoms with Gasteiger partial charge in [-0.25, -0.2) is 0 Å². The average molecular weight is 349 g/mol. The molecule has 94 valence electrons. The van der Waals surface area contributed by atoms with Gasteiger partial charge >= 0.3 is 0 Å². The van der Waals surface area contributed by atoms with E-state index in [0.29, 0.717) is 13.2 Å². The summed E-state index contributed by atoms with van der Waals surface area (Å²) in [5.41, 5.74) is 1.87. The summed E-state index contributed by atoms with van der Waals surface area (Å²) in [7, 11) is 1.60. The molecule has 0 spiro atoms. The molecule has 0 unspecified atom stereocenters. The van der Waals surface area contributed by atoms with Crippen molar-refractivity contribution in [3.05, 3.63) is 27.3 Å². The summed E-state index contributed by atoms with van der Waals surface area (Å²) in [6, 6.07) is 5.86. The molecule has 0 radical (unpaired) electrons. The van der Waals surface area contributed by atoms with E-state index in [0.717, 1.165) is 14.8 Å². The van der Waals surface area contributed by atoms with Crippen LogP contribution in [0.1, 0.15) is 5.56 Å². The smallest absolute Gasteiger partial charge is 0.250 e. The number of hydrogen-bond donors (Lipinski definition) is 1. The second-order valence-electron chi connectivity index (χ2n) is 3.55. The number of methoxy groups -OCH3 is 1. The van der Waals surface area contributed by atoms with Crippen molar-refractivity contribution in [3.8, 4) is 0 Å². The van der Waals surface area contributed by atoms with Crippen molar-refractivity contribution in [2.75, 3.05) is 32.2 Å². The number of hydrogen-bond acceptors (Lipinski definition) is 3. The minimum absolute atomic E-state index is 0.0504. The average Bonchev–Trinajstić information content (AvgIpc) is 2.28. The highest BCUT2D eigenvalue weighted by atomic mass is 127. The lowest BCUT2D eigenvalue weighted by atomic mass is 10.2. The van der Waals surface area contributed by atoms with Crippen molar-refractivity contribution in [2.45, 2.75) is 6.92 Å². The van der Waals surface area contributed by atoms with Gasteiger partial charge < -0.3 is 14.8 Å². The number of aryl methyl sites for hydroxylation is 1. The van der Waals surface area contributed by atoms with Crippen LogP contribution in [0.25, 0.3) is 0 Å². The van der Waals surface area contributed by atoms with E-state index in [9.17, 15) is 4.79 Å². The summed E-state index contributed by atoms with van der Waals surface area (Å²) in [5, 5.41) is 2.81. The van der Waals surface area contributed by atoms with E-state index >= 15 is 0 Å². The maximum absolute atomic E-state index is 11.5. The van der Waals surface area contributed by atoms with Crippen LogP contribution < -0.4 is 5.32 Å². The molecule has 0 bridgehead atoms. The predicted molar refractivity (Wildman–Crippen MR) is 75.2 cm³/mol. The molecule has 0 atom stereocenters. The van der Waals surface area contributed by atoms with Crippen LogP contribution in [-0.4, -0.2) is 32.8 Å². The molecular formula is C12H16INO3. The molecule has 0 aromatic heterocycles. The molecule has 0 heterocycles. The van der Waals surface area contributed by atoms with E-state index < -0.39 is 0 Å². The van der Waals surface area contributed by atoms with Crippen molar-refractivity contribution >= 4 is 34.2 Å². The van der Waals surface area contributed by atoms with Gasteiger partial charge in [-0.1, -0.05) is 0 Å². The summed E-state index contributed by atoms with van der Waals surface area (Å²) in [4.78, 5) is 11.5. The molecule has 0 saturated heterocycles. The zero-order valence-electron chi connectivity index (χ0n) is 9.96. The Labute approximate surface area is 115 Å². The summed E-state index contributed by atoms with van der Waals surface area (Å²) in [5.74, 6) is -0.148. The lowest BCUT2D eigenvalue weighted by Crippen LogP contribution is -2.20. The molecule has 0 aliphatic heterocycles. The molecule has 17 heavy (non-hydrogen) atoms. The third-order valence-corrected chi connectivity index (χ3v) is 2.80. The minimum Gasteiger partial charge on any atom is -0.382 e. The van der Waals surface area contributed by atoms with Crippen LogP contribution in [0.3, 0.4) is 0 Å². The number of halogens is 1. The van der Waals surface area contributed by atoms with Crippen LogP contribution in [0.2, 0.25) is 0 Å². The van der Waals surface area contributed by atoms with E-state index in [1.807, 2.05) is 25.1 Å². The van der Waals surface area contributed by atoms with Crippen LogP contribution in [0.5, 0.6) is 0 Å². The van der Waals surface area contributed by atoms with Gasteiger partial charge in [-0.3, -0.25) is 4.79 Å². The van der Waals surface area contributed by atoms with Gasteiger partial charge in [0, 0.05) is 16.4 Å². The summed E-state index contributed by atoms with van der Waals surface area (Å²) >= 11 is 2.24. The lowest BCUT2D eigenvalue weighted by Gasteiger charge is -2.09. The third kappa shape index (κ3) is 5.47. The van der Waals surface area contributed by atoms with E-state index in [4.69, 9.17) is 9.47 Å². The quantitative estimate of drug-likeness (QED) is 0.633. The van der Waals surface area contributed by atoms with Gasteiger partial charge in [0.25, 0.3) is 0 Å². The Morgan fingerprint density at radius 1 is 1.41 bits per heavy atom. The normalized spacial score (nSPS) is 10.3. The van der Waals surface area contributed by atoms with Crippen LogP contribution in [0.15, 0.2) is 18.2 Å². The van der Waals surface area contributed by atoms with E-state index in [-0.39, 0.29) is 12.5 Å². The maximum Gasteiger partial charge on any atom is 0.250 e. The monoisotopic (exact) mass is 349 g/mol. The fourth-order valence-electron chi connectivity index (χ4n) is 1.26. The topological polar surface area (TPSA) is 47.6 Å². The van der Waals surface area contributed by atoms with Gasteiger partial charge in [-0.2, -0.15) is 0 Å². The fraction of sp³-hybridized carbons (Fsp3) is 0.417. The number of rotatable bonds is 6. The second kappa shape index (κ2) is 7.62. The first-order chi connectivity index (χ1) is 8.13. The molecule has 5 heteroatoms. The summed E-state index contributed by atoms with van der Waals surface area (Å²) in [6.45, 7) is 2.93. The van der Waals surface area contributed by atoms with Gasteiger partial charge in [0.15, 0.2) is 0 Å². The van der Waals surface area contributed by atoms with E-state index in [1.54, 1.807) is 7.11 Å². The van der Waals surface area contributed by atoms with Crippen molar-refractivity contribution < 1.29 is 14.3 Å². The van der Waals surface area contributed by atoms with Gasteiger partial charge in [0.2, 0.25) is 5.91 Å². The number of amides is 1. The SMILES string of the molecule is COCCOCC(=O)Nc1ccc(I)cc1C. The summed E-state index contributed by atoms with van der Waals surface area (Å²) < 4.78 is 11.1. The lowest BCUT2D eigenvalue weighted by molar-refractivity contribution is -0.121. The van der Waals surface area contributed by atoms with Crippen LogP contribution in [0.4, 0.5) is 5.69 Å². The Bertz CT molecular complexity index is 382. The number of anilines is 1. The van der Waals surface area contributed by atoms with Crippen molar-refractivity contribution in [1.82, 2.24) is 0 Å². The maximum atomic E-state index is 11.5. The fourth-order valence-corrected chi connectivity index (χ4v) is 1.91. The molecular weight excluding hydrogens is 333 g/mol. The van der Waals surface area contributed by atoms with E-state index in [1.165, 1.54) is 0 Å². The number of carbonyl (C=O) groups is 1. The zero-order valence-corrected chi connectivity index (χ0v) is 12.1. The van der Waals surface area contributed by atoms with Crippen LogP contribution in [0, 0.1) is 10.5 Å². The third-order valence-electron chi connectivity index (χ3n) is 2.13. The van der Waals surface area contributed by atoms with Crippen molar-refractivity contribution in [3.63, 3.8) is 0 Å². The number of carbonyl (C=O) groups excluding carboxylic acids is 1. The highest BCUT2D eigenvalue weighted by Gasteiger charge is 2.04. The molecule has 0 aliphatic carbocycles. The van der Waals surface area contributed by atoms with Gasteiger partial charge in [-0.05, 0) is 53.3 Å². The molecule has 1 rings (SSSR count). The predicted octanol–water partition coefficient (Wildman–Crippen LogP) is 2.20. The second-order valence-corrected chi connectivity index (χ2v) is 4.80. The van der Waals surface area contributed by atoms with Crippen molar-refractivity contribution in [2.24, 2.45) is 0 Å². The molecule has 1 amide bonds.